The van der Waals surface area contributed by atoms with E-state index in [9.17, 15) is 9.90 Å². The number of aromatic hydroxyl groups is 1. The molecule has 0 atom stereocenters. The van der Waals surface area contributed by atoms with E-state index in [2.05, 4.69) is 5.10 Å². The van der Waals surface area contributed by atoms with Crippen molar-refractivity contribution in [3.05, 3.63) is 38.8 Å². The first kappa shape index (κ1) is 15.9. The van der Waals surface area contributed by atoms with Crippen LogP contribution in [0.5, 0.6) is 11.5 Å². The van der Waals surface area contributed by atoms with Crippen LogP contribution in [0.4, 0.5) is 0 Å². The number of halogens is 1. The van der Waals surface area contributed by atoms with E-state index in [0.717, 1.165) is 18.4 Å². The van der Waals surface area contributed by atoms with Crippen LogP contribution in [0.1, 0.15) is 38.4 Å². The number of ether oxygens (including phenoxy) is 1. The van der Waals surface area contributed by atoms with Gasteiger partial charge in [0.15, 0.2) is 5.75 Å². The number of rotatable bonds is 4. The number of hydrogen-bond donors (Lipinski definition) is 1. The molecule has 1 aliphatic rings. The summed E-state index contributed by atoms with van der Waals surface area (Å²) in [5.41, 5.74) is 1.79. The van der Waals surface area contributed by atoms with Gasteiger partial charge in [-0.25, -0.2) is 4.68 Å². The molecule has 124 valence electrons. The molecule has 1 fully saturated rings. The summed E-state index contributed by atoms with van der Waals surface area (Å²) >= 11 is 6.26. The largest absolute Gasteiger partial charge is 0.505 e. The van der Waals surface area contributed by atoms with Gasteiger partial charge in [0.05, 0.1) is 17.2 Å². The van der Waals surface area contributed by atoms with Gasteiger partial charge in [0, 0.05) is 20.0 Å². The summed E-state index contributed by atoms with van der Waals surface area (Å²) in [5, 5.41) is 15.3. The minimum atomic E-state index is -0.363. The molecule has 1 aromatic heterocycles. The maximum Gasteiger partial charge on any atom is 0.278 e. The van der Waals surface area contributed by atoms with Crippen LogP contribution in [0.3, 0.4) is 0 Å². The average molecular weight is 338 g/mol. The van der Waals surface area contributed by atoms with E-state index in [0.29, 0.717) is 28.6 Å². The SMILES string of the molecule is CCOc1c(Cl)ccc(C)c1-c1c(O)c(C2CC2)nn(C)c1=O.[2HH]. The molecule has 3 rings (SSSR count). The Hall–Kier alpha value is -2.01. The van der Waals surface area contributed by atoms with E-state index in [4.69, 9.17) is 16.3 Å². The Bertz CT molecular complexity index is 832. The predicted molar refractivity (Wildman–Crippen MR) is 91.6 cm³/mol. The van der Waals surface area contributed by atoms with Gasteiger partial charge in [-0.2, -0.15) is 5.10 Å². The van der Waals surface area contributed by atoms with Gasteiger partial charge in [-0.05, 0) is 38.3 Å². The van der Waals surface area contributed by atoms with Crippen molar-refractivity contribution in [3.8, 4) is 22.6 Å². The molecule has 2 aromatic rings. The van der Waals surface area contributed by atoms with E-state index >= 15 is 0 Å². The van der Waals surface area contributed by atoms with Crippen molar-refractivity contribution in [2.75, 3.05) is 6.61 Å². The van der Waals surface area contributed by atoms with Crippen LogP contribution < -0.4 is 10.3 Å². The molecule has 0 unspecified atom stereocenters. The lowest BCUT2D eigenvalue weighted by molar-refractivity contribution is 0.341. The fourth-order valence-corrected chi connectivity index (χ4v) is 2.97. The van der Waals surface area contributed by atoms with Crippen LogP contribution >= 0.6 is 11.6 Å². The Morgan fingerprint density at radius 1 is 1.43 bits per heavy atom. The molecule has 0 saturated heterocycles. The van der Waals surface area contributed by atoms with E-state index in [1.165, 1.54) is 4.68 Å². The summed E-state index contributed by atoms with van der Waals surface area (Å²) in [5.74, 6) is 0.590. The topological polar surface area (TPSA) is 64.3 Å². The third-order valence-electron chi connectivity index (χ3n) is 4.07. The lowest BCUT2D eigenvalue weighted by Gasteiger charge is -2.17. The molecule has 1 saturated carbocycles. The smallest absolute Gasteiger partial charge is 0.278 e. The van der Waals surface area contributed by atoms with Gasteiger partial charge in [0.25, 0.3) is 5.56 Å². The highest BCUT2D eigenvalue weighted by Crippen LogP contribution is 2.47. The first-order valence-corrected chi connectivity index (χ1v) is 8.05. The number of hydrogen-bond acceptors (Lipinski definition) is 4. The molecule has 5 nitrogen and oxygen atoms in total. The number of aryl methyl sites for hydroxylation is 2. The van der Waals surface area contributed by atoms with E-state index in [1.54, 1.807) is 13.1 Å². The van der Waals surface area contributed by atoms with Crippen LogP contribution in [-0.2, 0) is 7.05 Å². The van der Waals surface area contributed by atoms with Gasteiger partial charge >= 0.3 is 0 Å². The van der Waals surface area contributed by atoms with Gasteiger partial charge in [-0.3, -0.25) is 4.79 Å². The van der Waals surface area contributed by atoms with Gasteiger partial charge in [-0.1, -0.05) is 17.7 Å². The van der Waals surface area contributed by atoms with Gasteiger partial charge in [0.2, 0.25) is 0 Å². The van der Waals surface area contributed by atoms with E-state index in [-0.39, 0.29) is 24.2 Å². The molecule has 0 spiro atoms. The zero-order valence-electron chi connectivity index (χ0n) is 13.4. The molecular formula is C17H21ClN2O3. The zero-order chi connectivity index (χ0) is 16.7. The lowest BCUT2D eigenvalue weighted by atomic mass is 9.98. The predicted octanol–water partition coefficient (Wildman–Crippen LogP) is 3.64. The van der Waals surface area contributed by atoms with Crippen molar-refractivity contribution in [2.45, 2.75) is 32.6 Å². The normalized spacial score (nSPS) is 14.1. The van der Waals surface area contributed by atoms with Crippen molar-refractivity contribution < 1.29 is 11.3 Å². The summed E-state index contributed by atoms with van der Waals surface area (Å²) in [6.45, 7) is 4.13. The van der Waals surface area contributed by atoms with E-state index in [1.807, 2.05) is 19.9 Å². The van der Waals surface area contributed by atoms with Crippen molar-refractivity contribution in [2.24, 2.45) is 7.05 Å². The van der Waals surface area contributed by atoms with E-state index < -0.39 is 0 Å². The molecule has 1 heterocycles. The van der Waals surface area contributed by atoms with Crippen LogP contribution in [0.15, 0.2) is 16.9 Å². The summed E-state index contributed by atoms with van der Waals surface area (Å²) in [6.07, 6.45) is 1.95. The number of aromatic nitrogens is 2. The second-order valence-corrected chi connectivity index (χ2v) is 6.22. The van der Waals surface area contributed by atoms with Gasteiger partial charge < -0.3 is 9.84 Å². The Balaban J connectivity index is 0.00000208. The molecule has 1 aromatic carbocycles. The average Bonchev–Trinajstić information content (AvgIpc) is 3.34. The summed E-state index contributed by atoms with van der Waals surface area (Å²) in [7, 11) is 1.59. The molecule has 23 heavy (non-hydrogen) atoms. The quantitative estimate of drug-likeness (QED) is 0.925. The maximum atomic E-state index is 12.6. The van der Waals surface area contributed by atoms with Crippen molar-refractivity contribution in [3.63, 3.8) is 0 Å². The summed E-state index contributed by atoms with van der Waals surface area (Å²) in [4.78, 5) is 12.6. The monoisotopic (exact) mass is 337 g/mol. The molecule has 0 bridgehead atoms. The third-order valence-corrected chi connectivity index (χ3v) is 4.36. The standard InChI is InChI=1S/C17H19ClN2O3.H2/c1-4-23-16-11(18)8-5-9(2)12(16)13-15(21)14(10-6-7-10)19-20(3)17(13)22;/h5,8,10,21H,4,6-7H2,1-3H3;1H/i;1+1. The first-order chi connectivity index (χ1) is 11.0. The summed E-state index contributed by atoms with van der Waals surface area (Å²) in [6, 6.07) is 3.55. The highest BCUT2D eigenvalue weighted by molar-refractivity contribution is 6.32. The third kappa shape index (κ3) is 2.70. The molecule has 1 N–H and O–H groups in total. The number of benzene rings is 1. The first-order valence-electron chi connectivity index (χ1n) is 7.68. The zero-order valence-corrected chi connectivity index (χ0v) is 14.1. The minimum Gasteiger partial charge on any atom is -0.505 e. The Labute approximate surface area is 141 Å². The van der Waals surface area contributed by atoms with Gasteiger partial charge in [-0.15, -0.1) is 0 Å². The Morgan fingerprint density at radius 3 is 2.74 bits per heavy atom. The minimum absolute atomic E-state index is 0. The maximum absolute atomic E-state index is 12.6. The molecular weight excluding hydrogens is 316 g/mol. The molecule has 0 aliphatic heterocycles. The van der Waals surface area contributed by atoms with Crippen molar-refractivity contribution in [1.29, 1.82) is 0 Å². The van der Waals surface area contributed by atoms with Gasteiger partial charge in [0.1, 0.15) is 11.4 Å². The highest BCUT2D eigenvalue weighted by Gasteiger charge is 2.32. The lowest BCUT2D eigenvalue weighted by Crippen LogP contribution is -2.23. The van der Waals surface area contributed by atoms with Crippen LogP contribution in [-0.4, -0.2) is 21.5 Å². The second-order valence-electron chi connectivity index (χ2n) is 5.81. The second kappa shape index (κ2) is 5.89. The van der Waals surface area contributed by atoms with Crippen LogP contribution in [0.2, 0.25) is 5.02 Å². The molecule has 0 radical (unpaired) electrons. The van der Waals surface area contributed by atoms with Crippen LogP contribution in [0, 0.1) is 6.92 Å². The fourth-order valence-electron chi connectivity index (χ4n) is 2.75. The molecule has 1 aliphatic carbocycles. The highest BCUT2D eigenvalue weighted by atomic mass is 35.5. The van der Waals surface area contributed by atoms with Crippen LogP contribution in [0.25, 0.3) is 11.1 Å². The summed E-state index contributed by atoms with van der Waals surface area (Å²) < 4.78 is 6.93. The van der Waals surface area contributed by atoms with Crippen molar-refractivity contribution >= 4 is 11.6 Å². The molecule has 0 amide bonds. The van der Waals surface area contributed by atoms with Crippen molar-refractivity contribution in [1.82, 2.24) is 9.78 Å². The molecule has 6 heteroatoms. The number of nitrogens with zero attached hydrogens (tertiary/aromatic N) is 2. The fraction of sp³-hybridized carbons (Fsp3) is 0.412. The Kier molecular flexibility index (Phi) is 4.06. The Morgan fingerprint density at radius 2 is 2.13 bits per heavy atom.